The molecular formula is C20H21NO4. The summed E-state index contributed by atoms with van der Waals surface area (Å²) in [4.78, 5) is 22.9. The average Bonchev–Trinajstić information content (AvgIpc) is 2.60. The van der Waals surface area contributed by atoms with Crippen molar-refractivity contribution in [3.05, 3.63) is 65.7 Å². The molecule has 0 spiro atoms. The molecule has 0 aliphatic rings. The molecule has 2 aromatic rings. The third-order valence-electron chi connectivity index (χ3n) is 3.47. The molecule has 25 heavy (non-hydrogen) atoms. The van der Waals surface area contributed by atoms with Crippen LogP contribution in [-0.2, 0) is 4.79 Å². The molecule has 0 fully saturated rings. The zero-order valence-corrected chi connectivity index (χ0v) is 14.1. The number of carboxylic acid groups (broad SMARTS) is 1. The number of carbonyl (C=O) groups is 2. The predicted molar refractivity (Wildman–Crippen MR) is 97.9 cm³/mol. The van der Waals surface area contributed by atoms with Crippen LogP contribution in [0.4, 0.5) is 5.69 Å². The minimum atomic E-state index is -0.833. The maximum Gasteiger partial charge on any atom is 0.303 e. The van der Waals surface area contributed by atoms with E-state index in [1.807, 2.05) is 37.3 Å². The van der Waals surface area contributed by atoms with Crippen molar-refractivity contribution in [3.63, 3.8) is 0 Å². The fraction of sp³-hybridized carbons (Fsp3) is 0.200. The minimum absolute atomic E-state index is 0.0831. The summed E-state index contributed by atoms with van der Waals surface area (Å²) in [5, 5.41) is 11.4. The number of allylic oxidation sites excluding steroid dienone is 1. The molecule has 130 valence electrons. The van der Waals surface area contributed by atoms with Gasteiger partial charge in [0, 0.05) is 17.7 Å². The number of hydrogen-bond donors (Lipinski definition) is 2. The highest BCUT2D eigenvalue weighted by atomic mass is 16.5. The van der Waals surface area contributed by atoms with Gasteiger partial charge in [-0.2, -0.15) is 0 Å². The maximum atomic E-state index is 12.4. The summed E-state index contributed by atoms with van der Waals surface area (Å²) in [6.45, 7) is 2.25. The Bertz CT molecular complexity index is 751. The highest BCUT2D eigenvalue weighted by Gasteiger charge is 2.09. The van der Waals surface area contributed by atoms with Gasteiger partial charge in [0.25, 0.3) is 5.91 Å². The fourth-order valence-corrected chi connectivity index (χ4v) is 2.28. The predicted octanol–water partition coefficient (Wildman–Crippen LogP) is 4.22. The summed E-state index contributed by atoms with van der Waals surface area (Å²) in [6.07, 6.45) is 4.32. The van der Waals surface area contributed by atoms with E-state index < -0.39 is 5.97 Å². The van der Waals surface area contributed by atoms with Gasteiger partial charge < -0.3 is 15.2 Å². The summed E-state index contributed by atoms with van der Waals surface area (Å²) in [6, 6.07) is 14.4. The standard InChI is InChI=1S/C20H21NO4/c1-2-6-15-7-3-4-8-18(15)20(24)21-16-10-12-17(13-11-16)25-14-5-9-19(22)23/h2-4,6-8,10-13H,5,9,14H2,1H3,(H,21,24)(H,22,23). The van der Waals surface area contributed by atoms with Crippen LogP contribution < -0.4 is 10.1 Å². The molecule has 0 saturated heterocycles. The van der Waals surface area contributed by atoms with E-state index in [4.69, 9.17) is 9.84 Å². The number of benzene rings is 2. The summed E-state index contributed by atoms with van der Waals surface area (Å²) in [7, 11) is 0. The monoisotopic (exact) mass is 339 g/mol. The van der Waals surface area contributed by atoms with Gasteiger partial charge in [-0.05, 0) is 49.2 Å². The van der Waals surface area contributed by atoms with Gasteiger partial charge in [-0.25, -0.2) is 0 Å². The van der Waals surface area contributed by atoms with Gasteiger partial charge in [0.1, 0.15) is 5.75 Å². The van der Waals surface area contributed by atoms with E-state index >= 15 is 0 Å². The molecule has 0 aromatic heterocycles. The van der Waals surface area contributed by atoms with Gasteiger partial charge in [-0.3, -0.25) is 9.59 Å². The lowest BCUT2D eigenvalue weighted by atomic mass is 10.1. The summed E-state index contributed by atoms with van der Waals surface area (Å²) in [5.41, 5.74) is 2.13. The van der Waals surface area contributed by atoms with Crippen LogP contribution in [0.3, 0.4) is 0 Å². The molecule has 0 aliphatic heterocycles. The number of carbonyl (C=O) groups excluding carboxylic acids is 1. The number of aliphatic carboxylic acids is 1. The normalized spacial score (nSPS) is 10.6. The topological polar surface area (TPSA) is 75.6 Å². The van der Waals surface area contributed by atoms with Crippen molar-refractivity contribution in [2.45, 2.75) is 19.8 Å². The van der Waals surface area contributed by atoms with Crippen molar-refractivity contribution in [3.8, 4) is 5.75 Å². The molecule has 2 rings (SSSR count). The Kier molecular flexibility index (Phi) is 6.77. The molecule has 0 heterocycles. The molecule has 2 aromatic carbocycles. The van der Waals surface area contributed by atoms with Gasteiger partial charge in [0.05, 0.1) is 6.61 Å². The molecule has 0 bridgehead atoms. The Labute approximate surface area is 146 Å². The van der Waals surface area contributed by atoms with Crippen LogP contribution in [-0.4, -0.2) is 23.6 Å². The summed E-state index contributed by atoms with van der Waals surface area (Å²) >= 11 is 0. The largest absolute Gasteiger partial charge is 0.494 e. The Hall–Kier alpha value is -3.08. The van der Waals surface area contributed by atoms with Crippen LogP contribution in [0.1, 0.15) is 35.7 Å². The summed E-state index contributed by atoms with van der Waals surface area (Å²) < 4.78 is 5.47. The smallest absolute Gasteiger partial charge is 0.303 e. The lowest BCUT2D eigenvalue weighted by Crippen LogP contribution is -2.13. The highest BCUT2D eigenvalue weighted by Crippen LogP contribution is 2.18. The minimum Gasteiger partial charge on any atom is -0.494 e. The second-order valence-electron chi connectivity index (χ2n) is 5.41. The number of carboxylic acids is 1. The lowest BCUT2D eigenvalue weighted by Gasteiger charge is -2.09. The number of amides is 1. The second kappa shape index (κ2) is 9.27. The van der Waals surface area contributed by atoms with E-state index in [9.17, 15) is 9.59 Å². The van der Waals surface area contributed by atoms with Crippen molar-refractivity contribution in [1.29, 1.82) is 0 Å². The summed E-state index contributed by atoms with van der Waals surface area (Å²) in [5.74, 6) is -0.374. The molecule has 0 aliphatic carbocycles. The number of rotatable bonds is 8. The van der Waals surface area contributed by atoms with Gasteiger partial charge in [-0.1, -0.05) is 30.4 Å². The van der Waals surface area contributed by atoms with Crippen molar-refractivity contribution in [2.75, 3.05) is 11.9 Å². The first kappa shape index (κ1) is 18.3. The van der Waals surface area contributed by atoms with Crippen molar-refractivity contribution in [1.82, 2.24) is 0 Å². The van der Waals surface area contributed by atoms with E-state index in [0.717, 1.165) is 5.56 Å². The zero-order valence-electron chi connectivity index (χ0n) is 14.1. The van der Waals surface area contributed by atoms with E-state index in [-0.39, 0.29) is 12.3 Å². The van der Waals surface area contributed by atoms with E-state index in [2.05, 4.69) is 5.32 Å². The maximum absolute atomic E-state index is 12.4. The van der Waals surface area contributed by atoms with E-state index in [0.29, 0.717) is 30.0 Å². The first-order chi connectivity index (χ1) is 12.1. The quantitative estimate of drug-likeness (QED) is 0.706. The van der Waals surface area contributed by atoms with Crippen molar-refractivity contribution >= 4 is 23.6 Å². The molecule has 1 amide bonds. The Morgan fingerprint density at radius 2 is 1.84 bits per heavy atom. The number of ether oxygens (including phenoxy) is 1. The average molecular weight is 339 g/mol. The van der Waals surface area contributed by atoms with Crippen molar-refractivity contribution in [2.24, 2.45) is 0 Å². The SMILES string of the molecule is CC=Cc1ccccc1C(=O)Nc1ccc(OCCCC(=O)O)cc1. The van der Waals surface area contributed by atoms with Gasteiger partial charge in [-0.15, -0.1) is 0 Å². The molecule has 0 unspecified atom stereocenters. The molecule has 0 radical (unpaired) electrons. The third-order valence-corrected chi connectivity index (χ3v) is 3.47. The highest BCUT2D eigenvalue weighted by molar-refractivity contribution is 6.06. The van der Waals surface area contributed by atoms with Gasteiger partial charge in [0.15, 0.2) is 0 Å². The van der Waals surface area contributed by atoms with Crippen LogP contribution in [0.2, 0.25) is 0 Å². The number of anilines is 1. The van der Waals surface area contributed by atoms with E-state index in [1.54, 1.807) is 30.3 Å². The Morgan fingerprint density at radius 3 is 2.52 bits per heavy atom. The number of nitrogens with one attached hydrogen (secondary N) is 1. The Morgan fingerprint density at radius 1 is 1.12 bits per heavy atom. The van der Waals surface area contributed by atoms with E-state index in [1.165, 1.54) is 0 Å². The molecule has 5 nitrogen and oxygen atoms in total. The molecular weight excluding hydrogens is 318 g/mol. The first-order valence-corrected chi connectivity index (χ1v) is 8.08. The van der Waals surface area contributed by atoms with Gasteiger partial charge >= 0.3 is 5.97 Å². The zero-order chi connectivity index (χ0) is 18.1. The lowest BCUT2D eigenvalue weighted by molar-refractivity contribution is -0.137. The third kappa shape index (κ3) is 5.80. The number of hydrogen-bond acceptors (Lipinski definition) is 3. The van der Waals surface area contributed by atoms with Crippen molar-refractivity contribution < 1.29 is 19.4 Å². The first-order valence-electron chi connectivity index (χ1n) is 8.08. The fourth-order valence-electron chi connectivity index (χ4n) is 2.28. The van der Waals surface area contributed by atoms with Crippen LogP contribution in [0, 0.1) is 0 Å². The molecule has 0 saturated carbocycles. The van der Waals surface area contributed by atoms with Crippen LogP contribution >= 0.6 is 0 Å². The second-order valence-corrected chi connectivity index (χ2v) is 5.41. The van der Waals surface area contributed by atoms with Gasteiger partial charge in [0.2, 0.25) is 0 Å². The molecule has 5 heteroatoms. The Balaban J connectivity index is 1.95. The van der Waals surface area contributed by atoms with Crippen LogP contribution in [0.25, 0.3) is 6.08 Å². The van der Waals surface area contributed by atoms with Crippen LogP contribution in [0.5, 0.6) is 5.75 Å². The van der Waals surface area contributed by atoms with Crippen LogP contribution in [0.15, 0.2) is 54.6 Å². The molecule has 2 N–H and O–H groups in total. The molecule has 0 atom stereocenters.